The fourth-order valence-electron chi connectivity index (χ4n) is 3.32. The Morgan fingerprint density at radius 3 is 2.75 bits per heavy atom. The van der Waals surface area contributed by atoms with Crippen LogP contribution in [0.1, 0.15) is 38.5 Å². The topological polar surface area (TPSA) is 23.5 Å². The average Bonchev–Trinajstić information content (AvgIpc) is 2.73. The van der Waals surface area contributed by atoms with E-state index in [1.54, 1.807) is 5.54 Å². The molecule has 3 unspecified atom stereocenters. The van der Waals surface area contributed by atoms with Crippen molar-refractivity contribution < 1.29 is 5.11 Å². The maximum absolute atomic E-state index is 10.0. The summed E-state index contributed by atoms with van der Waals surface area (Å²) >= 11 is 5.60. The molecule has 0 radical (unpaired) electrons. The van der Waals surface area contributed by atoms with Crippen LogP contribution in [0.5, 0.6) is 0 Å². The summed E-state index contributed by atoms with van der Waals surface area (Å²) in [6.45, 7) is 2.10. The maximum atomic E-state index is 10.0. The van der Waals surface area contributed by atoms with E-state index in [9.17, 15) is 5.11 Å². The highest BCUT2D eigenvalue weighted by Gasteiger charge is 2.36. The van der Waals surface area contributed by atoms with Crippen molar-refractivity contribution >= 4 is 11.6 Å². The van der Waals surface area contributed by atoms with Crippen LogP contribution in [0.25, 0.3) is 0 Å². The predicted molar refractivity (Wildman–Crippen MR) is 67.6 cm³/mol. The van der Waals surface area contributed by atoms with E-state index in [4.69, 9.17) is 11.6 Å². The van der Waals surface area contributed by atoms with Gasteiger partial charge in [0.15, 0.2) is 0 Å². The Hall–Kier alpha value is -0.0500. The molecule has 0 aromatic carbocycles. The lowest BCUT2D eigenvalue weighted by Gasteiger charge is -2.39. The molecule has 1 aliphatic carbocycles. The molecule has 2 rings (SSSR count). The van der Waals surface area contributed by atoms with Gasteiger partial charge in [0, 0.05) is 24.0 Å². The summed E-state index contributed by atoms with van der Waals surface area (Å²) in [5.41, 5.74) is 1.61. The van der Waals surface area contributed by atoms with Gasteiger partial charge in [-0.05, 0) is 32.2 Å². The molecule has 16 heavy (non-hydrogen) atoms. The molecule has 2 fully saturated rings. The number of nitrogens with zero attached hydrogens (tertiary/aromatic N) is 1. The smallest absolute Gasteiger partial charge is 0.0583 e. The first-order valence-electron chi connectivity index (χ1n) is 6.50. The van der Waals surface area contributed by atoms with Crippen LogP contribution in [0.15, 0.2) is 11.6 Å². The normalized spacial score (nSPS) is 37.2. The third-order valence-corrected chi connectivity index (χ3v) is 4.30. The van der Waals surface area contributed by atoms with E-state index in [0.717, 1.165) is 19.5 Å². The highest BCUT2D eigenvalue weighted by atomic mass is 35.5. The Labute approximate surface area is 103 Å². The van der Waals surface area contributed by atoms with Crippen molar-refractivity contribution in [2.24, 2.45) is 5.92 Å². The summed E-state index contributed by atoms with van der Waals surface area (Å²) in [5.74, 6) is 0.504. The van der Waals surface area contributed by atoms with Gasteiger partial charge in [0.05, 0.1) is 6.10 Å². The molecule has 2 aliphatic rings. The Morgan fingerprint density at radius 1 is 1.19 bits per heavy atom. The summed E-state index contributed by atoms with van der Waals surface area (Å²) in [4.78, 5) is 2.50. The Morgan fingerprint density at radius 2 is 2.06 bits per heavy atom. The molecule has 3 atom stereocenters. The van der Waals surface area contributed by atoms with E-state index in [2.05, 4.69) is 4.90 Å². The van der Waals surface area contributed by atoms with Gasteiger partial charge in [-0.2, -0.15) is 0 Å². The lowest BCUT2D eigenvalue weighted by Crippen LogP contribution is -2.46. The van der Waals surface area contributed by atoms with Crippen LogP contribution in [0.3, 0.4) is 0 Å². The van der Waals surface area contributed by atoms with Crippen molar-refractivity contribution in [2.45, 2.75) is 50.7 Å². The van der Waals surface area contributed by atoms with Crippen molar-refractivity contribution in [3.05, 3.63) is 11.6 Å². The fourth-order valence-corrected chi connectivity index (χ4v) is 3.40. The van der Waals surface area contributed by atoms with E-state index in [0.29, 0.717) is 12.0 Å². The highest BCUT2D eigenvalue weighted by molar-refractivity contribution is 6.25. The summed E-state index contributed by atoms with van der Waals surface area (Å²) in [5, 5.41) is 10.0. The van der Waals surface area contributed by atoms with Crippen LogP contribution in [0, 0.1) is 5.92 Å². The first kappa shape index (κ1) is 12.4. The Balaban J connectivity index is 1.97. The van der Waals surface area contributed by atoms with Gasteiger partial charge in [-0.1, -0.05) is 30.5 Å². The van der Waals surface area contributed by atoms with Gasteiger partial charge >= 0.3 is 0 Å². The van der Waals surface area contributed by atoms with E-state index in [1.807, 2.05) is 6.08 Å². The fraction of sp³-hybridized carbons (Fsp3) is 0.846. The molecule has 0 aromatic heterocycles. The van der Waals surface area contributed by atoms with Crippen LogP contribution < -0.4 is 0 Å². The standard InChI is InChI=1S/C13H22ClNO/c14-8-4-10-15-9-2-1-6-12(15)11-5-3-7-13(11)16/h4,8,11-13,16H,1-3,5-7,9-10H2/b8-4+. The molecule has 1 heterocycles. The molecule has 1 saturated heterocycles. The van der Waals surface area contributed by atoms with Gasteiger partial charge < -0.3 is 5.11 Å². The molecule has 2 nitrogen and oxygen atoms in total. The molecule has 3 heteroatoms. The first-order valence-corrected chi connectivity index (χ1v) is 6.94. The number of likely N-dealkylation sites (tertiary alicyclic amines) is 1. The van der Waals surface area contributed by atoms with Gasteiger partial charge in [0.2, 0.25) is 0 Å². The second-order valence-corrected chi connectivity index (χ2v) is 5.33. The van der Waals surface area contributed by atoms with E-state index in [-0.39, 0.29) is 6.10 Å². The lowest BCUT2D eigenvalue weighted by molar-refractivity contribution is 0.0417. The molecule has 92 valence electrons. The molecule has 1 N–H and O–H groups in total. The molecule has 1 saturated carbocycles. The highest BCUT2D eigenvalue weighted by Crippen LogP contribution is 2.35. The van der Waals surface area contributed by atoms with Crippen molar-refractivity contribution in [3.63, 3.8) is 0 Å². The second-order valence-electron chi connectivity index (χ2n) is 5.08. The molecule has 0 amide bonds. The monoisotopic (exact) mass is 243 g/mol. The van der Waals surface area contributed by atoms with Gasteiger partial charge in [0.25, 0.3) is 0 Å². The number of halogens is 1. The van der Waals surface area contributed by atoms with Gasteiger partial charge in [-0.15, -0.1) is 0 Å². The van der Waals surface area contributed by atoms with E-state index >= 15 is 0 Å². The molecule has 0 bridgehead atoms. The molecular formula is C13H22ClNO. The van der Waals surface area contributed by atoms with Crippen LogP contribution >= 0.6 is 11.6 Å². The molecule has 1 aliphatic heterocycles. The minimum absolute atomic E-state index is 0.0643. The lowest BCUT2D eigenvalue weighted by atomic mass is 9.88. The zero-order valence-electron chi connectivity index (χ0n) is 9.82. The number of hydrogen-bond donors (Lipinski definition) is 1. The maximum Gasteiger partial charge on any atom is 0.0583 e. The molecule has 0 aromatic rings. The second kappa shape index (κ2) is 6.04. The van der Waals surface area contributed by atoms with Gasteiger partial charge in [-0.25, -0.2) is 0 Å². The first-order chi connectivity index (χ1) is 7.83. The van der Waals surface area contributed by atoms with Crippen LogP contribution in [0.4, 0.5) is 0 Å². The number of hydrogen-bond acceptors (Lipinski definition) is 2. The minimum Gasteiger partial charge on any atom is -0.393 e. The van der Waals surface area contributed by atoms with Crippen molar-refractivity contribution in [3.8, 4) is 0 Å². The summed E-state index contributed by atoms with van der Waals surface area (Å²) in [6.07, 6.45) is 9.20. The number of piperidine rings is 1. The zero-order valence-corrected chi connectivity index (χ0v) is 10.6. The molecular weight excluding hydrogens is 222 g/mol. The summed E-state index contributed by atoms with van der Waals surface area (Å²) in [6, 6.07) is 0.583. The Bertz CT molecular complexity index is 244. The number of rotatable bonds is 3. The van der Waals surface area contributed by atoms with Gasteiger partial charge in [-0.3, -0.25) is 4.90 Å². The SMILES string of the molecule is OC1CCCC1C1CCCCN1C/C=C/Cl. The van der Waals surface area contributed by atoms with Crippen LogP contribution in [0.2, 0.25) is 0 Å². The average molecular weight is 244 g/mol. The largest absolute Gasteiger partial charge is 0.393 e. The predicted octanol–water partition coefficient (Wildman–Crippen LogP) is 2.75. The van der Waals surface area contributed by atoms with Crippen LogP contribution in [-0.4, -0.2) is 35.2 Å². The minimum atomic E-state index is -0.0643. The van der Waals surface area contributed by atoms with Crippen LogP contribution in [-0.2, 0) is 0 Å². The third-order valence-electron chi connectivity index (χ3n) is 4.12. The zero-order chi connectivity index (χ0) is 11.4. The third kappa shape index (κ3) is 2.79. The number of aliphatic hydroxyl groups excluding tert-OH is 1. The number of aliphatic hydroxyl groups is 1. The van der Waals surface area contributed by atoms with E-state index in [1.165, 1.54) is 32.1 Å². The summed E-state index contributed by atoms with van der Waals surface area (Å²) in [7, 11) is 0. The quantitative estimate of drug-likeness (QED) is 0.824. The van der Waals surface area contributed by atoms with Crippen molar-refractivity contribution in [1.82, 2.24) is 4.90 Å². The summed E-state index contributed by atoms with van der Waals surface area (Å²) < 4.78 is 0. The van der Waals surface area contributed by atoms with Crippen molar-refractivity contribution in [1.29, 1.82) is 0 Å². The Kier molecular flexibility index (Phi) is 4.68. The molecule has 0 spiro atoms. The van der Waals surface area contributed by atoms with Gasteiger partial charge in [0.1, 0.15) is 0 Å². The van der Waals surface area contributed by atoms with E-state index < -0.39 is 0 Å². The van der Waals surface area contributed by atoms with Crippen molar-refractivity contribution in [2.75, 3.05) is 13.1 Å².